The zero-order valence-corrected chi connectivity index (χ0v) is 47.0. The van der Waals surface area contributed by atoms with Gasteiger partial charge in [-0.15, -0.1) is 0 Å². The highest BCUT2D eigenvalue weighted by atomic mass is 31.2. The van der Waals surface area contributed by atoms with Gasteiger partial charge < -0.3 is 83.4 Å². The fourth-order valence-electron chi connectivity index (χ4n) is 9.25. The number of benzene rings is 1. The first-order valence-corrected chi connectivity index (χ1v) is 28.5. The Labute approximate surface area is 472 Å². The van der Waals surface area contributed by atoms with E-state index in [2.05, 4.69) is 31.9 Å². The molecule has 0 radical (unpaired) electrons. The molecule has 456 valence electrons. The van der Waals surface area contributed by atoms with Crippen LogP contribution in [-0.2, 0) is 73.3 Å². The number of carbonyl (C=O) groups excluding carboxylic acids is 9. The van der Waals surface area contributed by atoms with E-state index in [0.29, 0.717) is 19.3 Å². The third kappa shape index (κ3) is 21.1. The zero-order chi connectivity index (χ0) is 61.8. The molecule has 1 aromatic rings. The first kappa shape index (κ1) is 68.7. The van der Waals surface area contributed by atoms with Crippen LogP contribution in [0.3, 0.4) is 0 Å². The summed E-state index contributed by atoms with van der Waals surface area (Å²) < 4.78 is 12.0. The van der Waals surface area contributed by atoms with Crippen molar-refractivity contribution in [3.63, 3.8) is 0 Å². The molecule has 16 N–H and O–H groups in total. The van der Waals surface area contributed by atoms with Crippen LogP contribution in [0.1, 0.15) is 123 Å². The molecular weight excluding hydrogens is 1100 g/mol. The van der Waals surface area contributed by atoms with Crippen LogP contribution in [0.15, 0.2) is 24.3 Å². The van der Waals surface area contributed by atoms with Crippen molar-refractivity contribution in [1.82, 2.24) is 41.7 Å². The summed E-state index contributed by atoms with van der Waals surface area (Å²) in [6.45, 7) is 6.76. The minimum Gasteiger partial charge on any atom is -0.481 e. The van der Waals surface area contributed by atoms with Gasteiger partial charge in [-0.05, 0) is 80.9 Å². The normalized spacial score (nSPS) is 18.4. The molecule has 0 unspecified atom stereocenters. The lowest BCUT2D eigenvalue weighted by Gasteiger charge is -2.33. The number of nitrogens with one attached hydrogen (secondary N) is 6. The van der Waals surface area contributed by atoms with E-state index in [1.165, 1.54) is 17.0 Å². The number of nitrogens with two attached hydrogens (primary N) is 2. The van der Waals surface area contributed by atoms with Crippen LogP contribution < -0.4 is 48.7 Å². The molecular formula is C51H77N10O20P. The lowest BCUT2D eigenvalue weighted by molar-refractivity contribution is -0.146. The van der Waals surface area contributed by atoms with Crippen molar-refractivity contribution in [1.29, 1.82) is 0 Å². The lowest BCUT2D eigenvalue weighted by Crippen LogP contribution is -2.61. The first-order chi connectivity index (χ1) is 38.4. The van der Waals surface area contributed by atoms with Gasteiger partial charge in [-0.2, -0.15) is 0 Å². The number of nitrogens with zero attached hydrogens (tertiary/aromatic N) is 2. The quantitative estimate of drug-likeness (QED) is 0.0312. The summed E-state index contributed by atoms with van der Waals surface area (Å²) in [6.07, 6.45) is -3.56. The summed E-state index contributed by atoms with van der Waals surface area (Å²) in [5.41, 5.74) is 11.5. The maximum absolute atomic E-state index is 14.5. The average molecular weight is 1180 g/mol. The number of hydrogen-bond acceptors (Lipinski definition) is 15. The van der Waals surface area contributed by atoms with Crippen LogP contribution in [0.5, 0.6) is 0 Å². The molecule has 0 bridgehead atoms. The Morgan fingerprint density at radius 1 is 0.561 bits per heavy atom. The second-order valence-corrected chi connectivity index (χ2v) is 22.1. The highest BCUT2D eigenvalue weighted by Crippen LogP contribution is 2.33. The molecule has 0 spiro atoms. The molecule has 2 aliphatic rings. The van der Waals surface area contributed by atoms with Gasteiger partial charge in [-0.3, -0.25) is 62.1 Å². The van der Waals surface area contributed by atoms with Crippen LogP contribution in [0.4, 0.5) is 0 Å². The third-order valence-electron chi connectivity index (χ3n) is 14.4. The Morgan fingerprint density at radius 2 is 0.963 bits per heavy atom. The molecule has 2 fully saturated rings. The third-order valence-corrected chi connectivity index (χ3v) is 15.4. The molecule has 0 aliphatic carbocycles. The van der Waals surface area contributed by atoms with Crippen LogP contribution in [0.2, 0.25) is 0 Å². The van der Waals surface area contributed by atoms with Gasteiger partial charge in [-0.1, -0.05) is 52.7 Å². The van der Waals surface area contributed by atoms with Gasteiger partial charge in [0.05, 0.1) is 11.3 Å². The number of carboxylic acid groups (broad SMARTS) is 4. The van der Waals surface area contributed by atoms with Gasteiger partial charge in [0.15, 0.2) is 0 Å². The van der Waals surface area contributed by atoms with Gasteiger partial charge in [0, 0.05) is 45.2 Å². The van der Waals surface area contributed by atoms with E-state index in [-0.39, 0.29) is 44.3 Å². The number of likely N-dealkylation sites (tertiary alicyclic amines) is 2. The van der Waals surface area contributed by atoms with Crippen LogP contribution in [0, 0.1) is 11.8 Å². The monoisotopic (exact) mass is 1180 g/mol. The molecule has 82 heavy (non-hydrogen) atoms. The van der Waals surface area contributed by atoms with Gasteiger partial charge in [0.25, 0.3) is 0 Å². The fraction of sp³-hybridized carbons (Fsp3) is 0.627. The van der Waals surface area contributed by atoms with Gasteiger partial charge in [0.2, 0.25) is 53.2 Å². The molecule has 2 heterocycles. The summed E-state index contributed by atoms with van der Waals surface area (Å²) in [5.74, 6) is -15.3. The number of rotatable bonds is 34. The molecule has 0 saturated carbocycles. The van der Waals surface area contributed by atoms with Crippen molar-refractivity contribution in [2.75, 3.05) is 13.1 Å². The SMILES string of the molecule is CC[C@H](C)[C@H](NC(=O)[C@@H]1CCCN1C(=O)[C@@H](NC(=O)[C@H](CCC(=O)O)NC(=O)[C@H](CCC(=O)O)NC(=O)[C@H](Cc1ccc(P(=O)(O)O)cc1)NC(=O)[C@H](CCC(N)=O)NC(=O)[C@@H]1CCCN1C(=O)[C@@H](N)CCC(=O)O)[C@@H](C)CC)C(=O)O. The van der Waals surface area contributed by atoms with E-state index in [4.69, 9.17) is 16.6 Å². The van der Waals surface area contributed by atoms with Crippen molar-refractivity contribution < 1.29 is 97.1 Å². The van der Waals surface area contributed by atoms with Crippen molar-refractivity contribution in [2.24, 2.45) is 23.3 Å². The molecule has 30 nitrogen and oxygen atoms in total. The van der Waals surface area contributed by atoms with Gasteiger partial charge in [0.1, 0.15) is 48.3 Å². The molecule has 9 amide bonds. The number of aliphatic carboxylic acids is 4. The molecule has 2 aliphatic heterocycles. The van der Waals surface area contributed by atoms with E-state index >= 15 is 0 Å². The number of carboxylic acids is 4. The smallest absolute Gasteiger partial charge is 0.356 e. The second kappa shape index (κ2) is 32.2. The van der Waals surface area contributed by atoms with Crippen LogP contribution in [0.25, 0.3) is 0 Å². The maximum Gasteiger partial charge on any atom is 0.356 e. The predicted molar refractivity (Wildman–Crippen MR) is 286 cm³/mol. The van der Waals surface area contributed by atoms with Crippen molar-refractivity contribution in [3.8, 4) is 0 Å². The van der Waals surface area contributed by atoms with E-state index in [9.17, 15) is 92.0 Å². The minimum absolute atomic E-state index is 0.0388. The lowest BCUT2D eigenvalue weighted by atomic mass is 9.96. The summed E-state index contributed by atoms with van der Waals surface area (Å²) in [5, 5.41) is 52.5. The highest BCUT2D eigenvalue weighted by Gasteiger charge is 2.43. The average Bonchev–Trinajstić information content (AvgIpc) is 4.30. The summed E-state index contributed by atoms with van der Waals surface area (Å²) in [7, 11) is -4.79. The predicted octanol–water partition coefficient (Wildman–Crippen LogP) is -2.71. The Kier molecular flexibility index (Phi) is 27.0. The largest absolute Gasteiger partial charge is 0.481 e. The van der Waals surface area contributed by atoms with Crippen LogP contribution >= 0.6 is 7.60 Å². The van der Waals surface area contributed by atoms with E-state index in [1.807, 2.05) is 0 Å². The maximum atomic E-state index is 14.5. The molecule has 2 saturated heterocycles. The van der Waals surface area contributed by atoms with E-state index in [0.717, 1.165) is 17.0 Å². The highest BCUT2D eigenvalue weighted by molar-refractivity contribution is 7.60. The van der Waals surface area contributed by atoms with Crippen molar-refractivity contribution in [3.05, 3.63) is 29.8 Å². The topological polar surface area (TPSA) is 491 Å². The fourth-order valence-corrected chi connectivity index (χ4v) is 9.79. The molecule has 31 heteroatoms. The second-order valence-electron chi connectivity index (χ2n) is 20.5. The Bertz CT molecular complexity index is 2570. The number of primary amides is 1. The first-order valence-electron chi connectivity index (χ1n) is 26.9. The molecule has 11 atom stereocenters. The number of carbonyl (C=O) groups is 13. The van der Waals surface area contributed by atoms with Gasteiger partial charge in [-0.25, -0.2) is 4.79 Å². The van der Waals surface area contributed by atoms with E-state index in [1.54, 1.807) is 27.7 Å². The number of hydrogen-bond donors (Lipinski definition) is 14. The van der Waals surface area contributed by atoms with Crippen molar-refractivity contribution in [2.45, 2.75) is 178 Å². The molecule has 3 rings (SSSR count). The number of amides is 9. The Morgan fingerprint density at radius 3 is 1.41 bits per heavy atom. The minimum atomic E-state index is -4.79. The Hall–Kier alpha value is -7.56. The molecule has 0 aromatic heterocycles. The standard InChI is InChI=1S/C51H77N10O20P/c1-5-26(3)41(50(76)61-24-8-10-36(61)48(74)59-42(51(77)78)27(4)6-2)58-45(71)33(18-22-40(67)68)54-43(69)32(17-21-39(65)66)55-46(72)34(25-28-11-13-29(14-12-28)82(79,80)81)57-44(70)31(16-19-37(53)62)56-47(73)35-9-7-23-60(35)49(75)30(52)15-20-38(63)64/h11-14,26-27,30-36,41-42H,5-10,15-25,52H2,1-4H3,(H2,53,62)(H,54,69)(H,55,72)(H,56,73)(H,57,70)(H,58,71)(H,59,74)(H,63,64)(H,65,66)(H,67,68)(H,77,78)(H2,79,80,81)/t26-,27-,30-,31-,32-,33-,34-,35-,36-,41-,42-/m0/s1. The van der Waals surface area contributed by atoms with Crippen molar-refractivity contribution >= 4 is 89.9 Å². The molecule has 1 aromatic carbocycles. The Balaban J connectivity index is 2.00. The summed E-state index contributed by atoms with van der Waals surface area (Å²) in [6, 6.07) is -9.03. The van der Waals surface area contributed by atoms with Crippen LogP contribution in [-0.4, -0.2) is 185 Å². The summed E-state index contributed by atoms with van der Waals surface area (Å²) in [4.78, 5) is 193. The zero-order valence-electron chi connectivity index (χ0n) is 46.1. The van der Waals surface area contributed by atoms with Gasteiger partial charge >= 0.3 is 31.5 Å². The summed E-state index contributed by atoms with van der Waals surface area (Å²) >= 11 is 0. The van der Waals surface area contributed by atoms with E-state index < -0.39 is 208 Å².